The van der Waals surface area contributed by atoms with E-state index in [0.29, 0.717) is 12.5 Å². The molecule has 1 aliphatic heterocycles. The molecule has 0 aliphatic carbocycles. The summed E-state index contributed by atoms with van der Waals surface area (Å²) in [5.74, 6) is 0.740. The Labute approximate surface area is 131 Å². The number of hydrogen-bond acceptors (Lipinski definition) is 4. The van der Waals surface area contributed by atoms with Crippen molar-refractivity contribution in [3.63, 3.8) is 0 Å². The van der Waals surface area contributed by atoms with E-state index < -0.39 is 0 Å². The van der Waals surface area contributed by atoms with E-state index in [1.165, 1.54) is 17.7 Å². The van der Waals surface area contributed by atoms with Gasteiger partial charge in [0.25, 0.3) is 0 Å². The second kappa shape index (κ2) is 9.34. The second-order valence-corrected chi connectivity index (χ2v) is 6.17. The number of likely N-dealkylation sites (N-methyl/N-ethyl adjacent to an activating group) is 1. The monoisotopic (exact) mass is 317 g/mol. The summed E-state index contributed by atoms with van der Waals surface area (Å²) in [5.41, 5.74) is 0. The molecule has 2 heterocycles. The van der Waals surface area contributed by atoms with Gasteiger partial charge in [0.1, 0.15) is 0 Å². The summed E-state index contributed by atoms with van der Waals surface area (Å²) in [4.78, 5) is 15.3. The number of carbonyl (C=O) groups excluding carboxylic acids is 1. The topological polar surface area (TPSA) is 44.4 Å². The fourth-order valence-electron chi connectivity index (χ4n) is 2.45. The van der Waals surface area contributed by atoms with Crippen LogP contribution in [0.2, 0.25) is 0 Å². The summed E-state index contributed by atoms with van der Waals surface area (Å²) in [7, 11) is 1.79. The molecule has 0 unspecified atom stereocenters. The number of thiophene rings is 1. The van der Waals surface area contributed by atoms with Gasteiger partial charge in [-0.15, -0.1) is 23.7 Å². The van der Waals surface area contributed by atoms with Crippen LogP contribution in [0.5, 0.6) is 0 Å². The van der Waals surface area contributed by atoms with Gasteiger partial charge in [-0.05, 0) is 50.3 Å². The number of likely N-dealkylation sites (tertiary alicyclic amines) is 1. The van der Waals surface area contributed by atoms with E-state index in [-0.39, 0.29) is 18.3 Å². The van der Waals surface area contributed by atoms with Crippen molar-refractivity contribution in [3.05, 3.63) is 22.4 Å². The molecule has 2 rings (SSSR count). The van der Waals surface area contributed by atoms with E-state index in [4.69, 9.17) is 0 Å². The molecule has 114 valence electrons. The molecule has 0 bridgehead atoms. The number of carbonyl (C=O) groups is 1. The van der Waals surface area contributed by atoms with Crippen molar-refractivity contribution in [1.82, 2.24) is 15.5 Å². The molecule has 6 heteroatoms. The van der Waals surface area contributed by atoms with Crippen molar-refractivity contribution in [2.24, 2.45) is 5.92 Å². The van der Waals surface area contributed by atoms with Crippen LogP contribution < -0.4 is 10.6 Å². The second-order valence-electron chi connectivity index (χ2n) is 5.13. The maximum atomic E-state index is 11.4. The highest BCUT2D eigenvalue weighted by molar-refractivity contribution is 7.09. The third kappa shape index (κ3) is 5.79. The van der Waals surface area contributed by atoms with Crippen LogP contribution in [0, 0.1) is 5.92 Å². The van der Waals surface area contributed by atoms with Crippen LogP contribution in [0.25, 0.3) is 0 Å². The van der Waals surface area contributed by atoms with Crippen molar-refractivity contribution in [3.8, 4) is 0 Å². The van der Waals surface area contributed by atoms with Gasteiger partial charge in [-0.2, -0.15) is 0 Å². The molecule has 0 aromatic carbocycles. The van der Waals surface area contributed by atoms with Crippen LogP contribution in [0.1, 0.15) is 17.7 Å². The predicted molar refractivity (Wildman–Crippen MR) is 86.5 cm³/mol. The molecule has 1 aromatic heterocycles. The first-order valence-corrected chi connectivity index (χ1v) is 7.82. The van der Waals surface area contributed by atoms with E-state index in [1.807, 2.05) is 11.3 Å². The summed E-state index contributed by atoms with van der Waals surface area (Å²) in [6.07, 6.45) is 2.37. The first-order chi connectivity index (χ1) is 9.28. The Hall–Kier alpha value is -0.620. The lowest BCUT2D eigenvalue weighted by Crippen LogP contribution is -2.40. The van der Waals surface area contributed by atoms with Gasteiger partial charge >= 0.3 is 0 Å². The van der Waals surface area contributed by atoms with Gasteiger partial charge in [0, 0.05) is 18.0 Å². The van der Waals surface area contributed by atoms with E-state index >= 15 is 0 Å². The largest absolute Gasteiger partial charge is 0.355 e. The average Bonchev–Trinajstić information content (AvgIpc) is 2.91. The predicted octanol–water partition coefficient (Wildman–Crippen LogP) is 1.72. The molecule has 1 aromatic rings. The van der Waals surface area contributed by atoms with E-state index in [2.05, 4.69) is 33.0 Å². The molecule has 2 N–H and O–H groups in total. The zero-order chi connectivity index (χ0) is 13.5. The zero-order valence-electron chi connectivity index (χ0n) is 11.9. The third-order valence-corrected chi connectivity index (χ3v) is 4.45. The van der Waals surface area contributed by atoms with Crippen LogP contribution >= 0.6 is 23.7 Å². The van der Waals surface area contributed by atoms with Crippen molar-refractivity contribution in [2.75, 3.05) is 33.2 Å². The Morgan fingerprint density at radius 1 is 1.45 bits per heavy atom. The number of rotatable bonds is 6. The molecule has 0 radical (unpaired) electrons. The van der Waals surface area contributed by atoms with Gasteiger partial charge in [0.05, 0.1) is 6.54 Å². The lowest BCUT2D eigenvalue weighted by molar-refractivity contribution is -0.120. The summed E-state index contributed by atoms with van der Waals surface area (Å²) in [6.45, 7) is 4.61. The van der Waals surface area contributed by atoms with Crippen molar-refractivity contribution in [1.29, 1.82) is 0 Å². The van der Waals surface area contributed by atoms with E-state index in [9.17, 15) is 4.79 Å². The molecular weight excluding hydrogens is 294 g/mol. The summed E-state index contributed by atoms with van der Waals surface area (Å²) in [6, 6.07) is 4.32. The molecule has 0 saturated carbocycles. The number of nitrogens with one attached hydrogen (secondary N) is 2. The first-order valence-electron chi connectivity index (χ1n) is 6.94. The van der Waals surface area contributed by atoms with E-state index in [1.54, 1.807) is 7.05 Å². The molecule has 1 aliphatic rings. The average molecular weight is 318 g/mol. The van der Waals surface area contributed by atoms with Crippen LogP contribution in [-0.4, -0.2) is 44.0 Å². The normalized spacial score (nSPS) is 16.6. The lowest BCUT2D eigenvalue weighted by atomic mass is 9.97. The minimum absolute atomic E-state index is 0. The minimum atomic E-state index is 0. The standard InChI is InChI=1S/C14H23N3OS.ClH/c1-15-10-14(18)16-9-12-4-6-17(7-5-12)11-13-3-2-8-19-13;/h2-3,8,12,15H,4-7,9-11H2,1H3,(H,16,18);1H. The van der Waals surface area contributed by atoms with Crippen LogP contribution in [0.4, 0.5) is 0 Å². The number of amides is 1. The molecule has 1 fully saturated rings. The molecule has 0 atom stereocenters. The number of nitrogens with zero attached hydrogens (tertiary/aromatic N) is 1. The van der Waals surface area contributed by atoms with Gasteiger partial charge in [0.15, 0.2) is 0 Å². The fourth-order valence-corrected chi connectivity index (χ4v) is 3.20. The lowest BCUT2D eigenvalue weighted by Gasteiger charge is -2.31. The summed E-state index contributed by atoms with van der Waals surface area (Å²) in [5, 5.41) is 8.00. The Bertz CT molecular complexity index is 378. The Morgan fingerprint density at radius 2 is 2.20 bits per heavy atom. The molecule has 1 saturated heterocycles. The van der Waals surface area contributed by atoms with Crippen LogP contribution in [-0.2, 0) is 11.3 Å². The smallest absolute Gasteiger partial charge is 0.233 e. The summed E-state index contributed by atoms with van der Waals surface area (Å²) >= 11 is 1.83. The van der Waals surface area contributed by atoms with Gasteiger partial charge in [-0.25, -0.2) is 0 Å². The highest BCUT2D eigenvalue weighted by Crippen LogP contribution is 2.20. The van der Waals surface area contributed by atoms with Crippen molar-refractivity contribution < 1.29 is 4.79 Å². The molecule has 1 amide bonds. The molecule has 20 heavy (non-hydrogen) atoms. The van der Waals surface area contributed by atoms with Gasteiger partial charge < -0.3 is 10.6 Å². The van der Waals surface area contributed by atoms with E-state index in [0.717, 1.165) is 26.2 Å². The molecular formula is C14H24ClN3OS. The Kier molecular flexibility index (Phi) is 8.14. The molecule has 0 spiro atoms. The highest BCUT2D eigenvalue weighted by atomic mass is 35.5. The fraction of sp³-hybridized carbons (Fsp3) is 0.643. The SMILES string of the molecule is CNCC(=O)NCC1CCN(Cc2cccs2)CC1.Cl. The zero-order valence-corrected chi connectivity index (χ0v) is 13.6. The molecule has 4 nitrogen and oxygen atoms in total. The minimum Gasteiger partial charge on any atom is -0.355 e. The Morgan fingerprint density at radius 3 is 2.80 bits per heavy atom. The highest BCUT2D eigenvalue weighted by Gasteiger charge is 2.19. The van der Waals surface area contributed by atoms with Crippen molar-refractivity contribution >= 4 is 29.7 Å². The number of hydrogen-bond donors (Lipinski definition) is 2. The van der Waals surface area contributed by atoms with Crippen molar-refractivity contribution in [2.45, 2.75) is 19.4 Å². The number of piperidine rings is 1. The maximum Gasteiger partial charge on any atom is 0.233 e. The Balaban J connectivity index is 0.00000200. The van der Waals surface area contributed by atoms with Crippen LogP contribution in [0.15, 0.2) is 17.5 Å². The van der Waals surface area contributed by atoms with Crippen LogP contribution in [0.3, 0.4) is 0 Å². The maximum absolute atomic E-state index is 11.4. The first kappa shape index (κ1) is 17.4. The van der Waals surface area contributed by atoms with Gasteiger partial charge in [-0.3, -0.25) is 9.69 Å². The number of halogens is 1. The quantitative estimate of drug-likeness (QED) is 0.839. The third-order valence-electron chi connectivity index (χ3n) is 3.59. The van der Waals surface area contributed by atoms with Gasteiger partial charge in [-0.1, -0.05) is 6.07 Å². The van der Waals surface area contributed by atoms with Gasteiger partial charge in [0.2, 0.25) is 5.91 Å². The summed E-state index contributed by atoms with van der Waals surface area (Å²) < 4.78 is 0.